The maximum absolute atomic E-state index is 11.7. The molecule has 0 atom stereocenters. The largest absolute Gasteiger partial charge is 0.489 e. The zero-order valence-electron chi connectivity index (χ0n) is 14.9. The third-order valence-corrected chi connectivity index (χ3v) is 4.89. The van der Waals surface area contributed by atoms with E-state index in [4.69, 9.17) is 16.3 Å². The van der Waals surface area contributed by atoms with Crippen molar-refractivity contribution >= 4 is 28.9 Å². The van der Waals surface area contributed by atoms with Crippen molar-refractivity contribution in [1.82, 2.24) is 5.32 Å². The van der Waals surface area contributed by atoms with Gasteiger partial charge < -0.3 is 15.0 Å². The molecular formula is C19H20ClN3O4. The summed E-state index contributed by atoms with van der Waals surface area (Å²) in [6, 6.07) is 11.9. The molecular weight excluding hydrogens is 370 g/mol. The van der Waals surface area contributed by atoms with Gasteiger partial charge in [0.25, 0.3) is 11.6 Å². The maximum Gasteiger partial charge on any atom is 0.293 e. The summed E-state index contributed by atoms with van der Waals surface area (Å²) in [5, 5.41) is 14.5. The van der Waals surface area contributed by atoms with Crippen LogP contribution >= 0.6 is 11.6 Å². The number of hydrogen-bond donors (Lipinski definition) is 1. The van der Waals surface area contributed by atoms with Crippen LogP contribution in [0.4, 0.5) is 11.4 Å². The van der Waals surface area contributed by atoms with Gasteiger partial charge in [0.2, 0.25) is 0 Å². The molecule has 0 aromatic heterocycles. The third-order valence-electron chi connectivity index (χ3n) is 4.57. The fourth-order valence-corrected chi connectivity index (χ4v) is 3.34. The quantitative estimate of drug-likeness (QED) is 0.623. The molecule has 1 heterocycles. The molecule has 0 bridgehead atoms. The number of rotatable bonds is 5. The standard InChI is InChI=1S/C19H20ClN3O4/c1-21-19(24)13-6-7-16(17(12-13)23(25)26)22-10-8-14(9-11-22)27-18-5-3-2-4-15(18)20/h2-7,12,14H,8-11H2,1H3,(H,21,24). The summed E-state index contributed by atoms with van der Waals surface area (Å²) in [7, 11) is 1.49. The van der Waals surface area contributed by atoms with Crippen molar-refractivity contribution in [2.45, 2.75) is 18.9 Å². The molecule has 0 spiro atoms. The molecule has 0 aliphatic carbocycles. The van der Waals surface area contributed by atoms with Crippen LogP contribution in [0.1, 0.15) is 23.2 Å². The van der Waals surface area contributed by atoms with Gasteiger partial charge in [0.15, 0.2) is 0 Å². The van der Waals surface area contributed by atoms with Gasteiger partial charge in [0.05, 0.1) is 9.95 Å². The second-order valence-electron chi connectivity index (χ2n) is 6.27. The van der Waals surface area contributed by atoms with Gasteiger partial charge in [0.1, 0.15) is 17.5 Å². The zero-order valence-corrected chi connectivity index (χ0v) is 15.6. The Morgan fingerprint density at radius 3 is 2.59 bits per heavy atom. The number of ether oxygens (including phenoxy) is 1. The highest BCUT2D eigenvalue weighted by molar-refractivity contribution is 6.32. The van der Waals surface area contributed by atoms with Crippen LogP contribution < -0.4 is 15.0 Å². The van der Waals surface area contributed by atoms with Crippen molar-refractivity contribution in [3.8, 4) is 5.75 Å². The van der Waals surface area contributed by atoms with E-state index < -0.39 is 4.92 Å². The lowest BCUT2D eigenvalue weighted by Crippen LogP contribution is -2.38. The predicted molar refractivity (Wildman–Crippen MR) is 104 cm³/mol. The molecule has 1 aliphatic rings. The van der Waals surface area contributed by atoms with E-state index in [1.54, 1.807) is 18.2 Å². The average molecular weight is 390 g/mol. The molecule has 1 N–H and O–H groups in total. The number of nitro groups is 1. The molecule has 2 aromatic carbocycles. The lowest BCUT2D eigenvalue weighted by atomic mass is 10.1. The van der Waals surface area contributed by atoms with E-state index in [0.717, 1.165) is 12.8 Å². The number of amides is 1. The summed E-state index contributed by atoms with van der Waals surface area (Å²) < 4.78 is 5.97. The number of hydrogen-bond acceptors (Lipinski definition) is 5. The molecule has 142 valence electrons. The van der Waals surface area contributed by atoms with E-state index in [0.29, 0.717) is 29.5 Å². The highest BCUT2D eigenvalue weighted by Gasteiger charge is 2.27. The van der Waals surface area contributed by atoms with E-state index in [1.165, 1.54) is 13.1 Å². The number of halogens is 1. The number of nitro benzene ring substituents is 1. The van der Waals surface area contributed by atoms with Crippen molar-refractivity contribution in [2.24, 2.45) is 0 Å². The molecule has 27 heavy (non-hydrogen) atoms. The number of piperidine rings is 1. The molecule has 1 saturated heterocycles. The zero-order chi connectivity index (χ0) is 19.4. The minimum absolute atomic E-state index is 0.00495. The Hall–Kier alpha value is -2.80. The van der Waals surface area contributed by atoms with Crippen LogP contribution in [0.3, 0.4) is 0 Å². The summed E-state index contributed by atoms with van der Waals surface area (Å²) in [6.07, 6.45) is 1.45. The first-order chi connectivity index (χ1) is 13.0. The number of carbonyl (C=O) groups is 1. The SMILES string of the molecule is CNC(=O)c1ccc(N2CCC(Oc3ccccc3Cl)CC2)c([N+](=O)[O-])c1. The Kier molecular flexibility index (Phi) is 5.81. The number of para-hydroxylation sites is 1. The molecule has 0 radical (unpaired) electrons. The van der Waals surface area contributed by atoms with Crippen molar-refractivity contribution in [3.05, 3.63) is 63.2 Å². The first kappa shape index (κ1) is 19.0. The third kappa shape index (κ3) is 4.31. The van der Waals surface area contributed by atoms with Gasteiger partial charge in [-0.3, -0.25) is 14.9 Å². The number of anilines is 1. The van der Waals surface area contributed by atoms with Gasteiger partial charge in [-0.25, -0.2) is 0 Å². The Bertz CT molecular complexity index is 851. The highest BCUT2D eigenvalue weighted by atomic mass is 35.5. The Labute approximate surface area is 162 Å². The fourth-order valence-electron chi connectivity index (χ4n) is 3.16. The summed E-state index contributed by atoms with van der Waals surface area (Å²) in [4.78, 5) is 24.7. The van der Waals surface area contributed by atoms with Crippen LogP contribution in [-0.4, -0.2) is 37.1 Å². The van der Waals surface area contributed by atoms with Crippen LogP contribution in [0.15, 0.2) is 42.5 Å². The van der Waals surface area contributed by atoms with Crippen molar-refractivity contribution in [1.29, 1.82) is 0 Å². The molecule has 0 saturated carbocycles. The van der Waals surface area contributed by atoms with Gasteiger partial charge in [-0.2, -0.15) is 0 Å². The number of nitrogens with zero attached hydrogens (tertiary/aromatic N) is 2. The fraction of sp³-hybridized carbons (Fsp3) is 0.316. The van der Waals surface area contributed by atoms with E-state index >= 15 is 0 Å². The van der Waals surface area contributed by atoms with Crippen molar-refractivity contribution in [2.75, 3.05) is 25.0 Å². The molecule has 1 aliphatic heterocycles. The highest BCUT2D eigenvalue weighted by Crippen LogP contribution is 2.33. The van der Waals surface area contributed by atoms with Crippen molar-refractivity contribution in [3.63, 3.8) is 0 Å². The Morgan fingerprint density at radius 2 is 1.96 bits per heavy atom. The molecule has 8 heteroatoms. The molecule has 0 unspecified atom stereocenters. The van der Waals surface area contributed by atoms with E-state index in [-0.39, 0.29) is 23.3 Å². The minimum atomic E-state index is -0.450. The number of nitrogens with one attached hydrogen (secondary N) is 1. The predicted octanol–water partition coefficient (Wildman–Crippen LogP) is 3.66. The van der Waals surface area contributed by atoms with Gasteiger partial charge >= 0.3 is 0 Å². The smallest absolute Gasteiger partial charge is 0.293 e. The van der Waals surface area contributed by atoms with Crippen LogP contribution in [0.5, 0.6) is 5.75 Å². The van der Waals surface area contributed by atoms with E-state index in [2.05, 4.69) is 5.32 Å². The summed E-state index contributed by atoms with van der Waals surface area (Å²) in [5.41, 5.74) is 0.718. The van der Waals surface area contributed by atoms with Crippen LogP contribution in [0.2, 0.25) is 5.02 Å². The second kappa shape index (κ2) is 8.26. The maximum atomic E-state index is 11.7. The van der Waals surface area contributed by atoms with Gasteiger partial charge in [-0.15, -0.1) is 0 Å². The summed E-state index contributed by atoms with van der Waals surface area (Å²) >= 11 is 6.13. The lowest BCUT2D eigenvalue weighted by Gasteiger charge is -2.33. The Balaban J connectivity index is 1.71. The molecule has 1 amide bonds. The lowest BCUT2D eigenvalue weighted by molar-refractivity contribution is -0.384. The van der Waals surface area contributed by atoms with Crippen LogP contribution in [0.25, 0.3) is 0 Å². The minimum Gasteiger partial charge on any atom is -0.489 e. The van der Waals surface area contributed by atoms with Gasteiger partial charge in [-0.1, -0.05) is 23.7 Å². The van der Waals surface area contributed by atoms with Gasteiger partial charge in [-0.05, 0) is 24.3 Å². The Morgan fingerprint density at radius 1 is 1.26 bits per heavy atom. The molecule has 3 rings (SSSR count). The molecule has 7 nitrogen and oxygen atoms in total. The van der Waals surface area contributed by atoms with E-state index in [1.807, 2.05) is 23.1 Å². The summed E-state index contributed by atoms with van der Waals surface area (Å²) in [5.74, 6) is 0.301. The first-order valence-corrected chi connectivity index (χ1v) is 9.04. The van der Waals surface area contributed by atoms with Crippen molar-refractivity contribution < 1.29 is 14.5 Å². The monoisotopic (exact) mass is 389 g/mol. The van der Waals surface area contributed by atoms with Crippen LogP contribution in [0, 0.1) is 10.1 Å². The second-order valence-corrected chi connectivity index (χ2v) is 6.68. The number of benzene rings is 2. The topological polar surface area (TPSA) is 84.7 Å². The first-order valence-electron chi connectivity index (χ1n) is 8.66. The van der Waals surface area contributed by atoms with E-state index in [9.17, 15) is 14.9 Å². The normalized spacial score (nSPS) is 14.7. The summed E-state index contributed by atoms with van der Waals surface area (Å²) in [6.45, 7) is 1.24. The average Bonchev–Trinajstić information content (AvgIpc) is 2.69. The molecule has 2 aromatic rings. The molecule has 1 fully saturated rings. The van der Waals surface area contributed by atoms with Gasteiger partial charge in [0, 0.05) is 44.6 Å². The van der Waals surface area contributed by atoms with Crippen LogP contribution in [-0.2, 0) is 0 Å². The number of carbonyl (C=O) groups excluding carboxylic acids is 1.